The van der Waals surface area contributed by atoms with Gasteiger partial charge in [-0.3, -0.25) is 0 Å². The van der Waals surface area contributed by atoms with Gasteiger partial charge in [0, 0.05) is 25.1 Å². The molecule has 4 nitrogen and oxygen atoms in total. The van der Waals surface area contributed by atoms with Gasteiger partial charge in [-0.1, -0.05) is 31.1 Å². The average Bonchev–Trinajstić information content (AvgIpc) is 2.34. The molecular weight excluding hydrogens is 254 g/mol. The first-order chi connectivity index (χ1) is 9.35. The minimum Gasteiger partial charge on any atom is -0.444 e. The Labute approximate surface area is 122 Å². The minimum atomic E-state index is -0.464. The quantitative estimate of drug-likeness (QED) is 0.442. The van der Waals surface area contributed by atoms with E-state index in [1.54, 1.807) is 6.08 Å². The molecule has 112 valence electrons. The molecule has 0 fully saturated rings. The molecule has 0 spiro atoms. The molecule has 0 aromatic carbocycles. The summed E-state index contributed by atoms with van der Waals surface area (Å²) >= 11 is 0. The number of rotatable bonds is 7. The second kappa shape index (κ2) is 10.1. The number of alkyl carbamates (subject to hydrolysis) is 1. The van der Waals surface area contributed by atoms with E-state index in [1.807, 2.05) is 20.8 Å². The second-order valence-corrected chi connectivity index (χ2v) is 5.18. The first-order valence-electron chi connectivity index (χ1n) is 6.70. The smallest absolute Gasteiger partial charge is 0.407 e. The molecule has 0 saturated heterocycles. The highest BCUT2D eigenvalue weighted by Gasteiger charge is 2.15. The van der Waals surface area contributed by atoms with Crippen LogP contribution < -0.4 is 5.32 Å². The highest BCUT2D eigenvalue weighted by atomic mass is 16.6. The summed E-state index contributed by atoms with van der Waals surface area (Å²) in [5.41, 5.74) is 0.251. The number of carbonyl (C=O) groups is 1. The third kappa shape index (κ3) is 12.7. The Kier molecular flexibility index (Phi) is 9.23. The summed E-state index contributed by atoms with van der Waals surface area (Å²) in [6.07, 6.45) is 2.63. The SMILES string of the molecule is C=CC(=C)C#CCCOCCCNC(=O)OC(C)(C)C. The van der Waals surface area contributed by atoms with Crippen molar-refractivity contribution in [3.63, 3.8) is 0 Å². The molecule has 0 aromatic heterocycles. The number of allylic oxidation sites excluding steroid dienone is 2. The average molecular weight is 279 g/mol. The van der Waals surface area contributed by atoms with Crippen molar-refractivity contribution in [2.75, 3.05) is 19.8 Å². The molecule has 0 aliphatic rings. The lowest BCUT2D eigenvalue weighted by molar-refractivity contribution is 0.0520. The number of nitrogens with one attached hydrogen (secondary N) is 1. The number of hydrogen-bond acceptors (Lipinski definition) is 3. The van der Waals surface area contributed by atoms with Gasteiger partial charge in [0.25, 0.3) is 0 Å². The lowest BCUT2D eigenvalue weighted by Gasteiger charge is -2.19. The summed E-state index contributed by atoms with van der Waals surface area (Å²) in [6, 6.07) is 0. The van der Waals surface area contributed by atoms with Crippen molar-refractivity contribution in [1.82, 2.24) is 5.32 Å². The van der Waals surface area contributed by atoms with E-state index in [4.69, 9.17) is 9.47 Å². The third-order valence-electron chi connectivity index (χ3n) is 2.00. The van der Waals surface area contributed by atoms with Crippen LogP contribution in [0.4, 0.5) is 4.79 Å². The summed E-state index contributed by atoms with van der Waals surface area (Å²) in [7, 11) is 0. The molecule has 0 aliphatic heterocycles. The van der Waals surface area contributed by atoms with Crippen LogP contribution in [0.1, 0.15) is 33.6 Å². The highest BCUT2D eigenvalue weighted by molar-refractivity contribution is 5.67. The Balaban J connectivity index is 3.45. The van der Waals surface area contributed by atoms with Crippen molar-refractivity contribution < 1.29 is 14.3 Å². The van der Waals surface area contributed by atoms with Gasteiger partial charge in [-0.05, 0) is 27.2 Å². The molecule has 0 rings (SSSR count). The highest BCUT2D eigenvalue weighted by Crippen LogP contribution is 2.06. The predicted octanol–water partition coefficient (Wildman–Crippen LogP) is 3.05. The largest absolute Gasteiger partial charge is 0.444 e. The minimum absolute atomic E-state index is 0.397. The number of hydrogen-bond donors (Lipinski definition) is 1. The maximum atomic E-state index is 11.3. The monoisotopic (exact) mass is 279 g/mol. The van der Waals surface area contributed by atoms with Crippen molar-refractivity contribution >= 4 is 6.09 Å². The van der Waals surface area contributed by atoms with E-state index in [9.17, 15) is 4.79 Å². The molecule has 1 N–H and O–H groups in total. The summed E-state index contributed by atoms with van der Waals surface area (Å²) in [6.45, 7) is 14.4. The van der Waals surface area contributed by atoms with Gasteiger partial charge in [0.05, 0.1) is 6.61 Å². The molecule has 0 unspecified atom stereocenters. The fourth-order valence-electron chi connectivity index (χ4n) is 1.13. The van der Waals surface area contributed by atoms with E-state index in [2.05, 4.69) is 30.3 Å². The molecule has 0 heterocycles. The zero-order valence-electron chi connectivity index (χ0n) is 12.8. The second-order valence-electron chi connectivity index (χ2n) is 5.18. The Hall–Kier alpha value is -1.73. The standard InChI is InChI=1S/C16H25NO3/c1-6-14(2)10-7-8-12-19-13-9-11-17-15(18)20-16(3,4)5/h6H,1-2,8-9,11-13H2,3-5H3,(H,17,18). The molecule has 0 atom stereocenters. The molecular formula is C16H25NO3. The van der Waals surface area contributed by atoms with Gasteiger partial charge in [-0.25, -0.2) is 4.79 Å². The van der Waals surface area contributed by atoms with Gasteiger partial charge in [0.1, 0.15) is 5.60 Å². The zero-order valence-corrected chi connectivity index (χ0v) is 12.8. The molecule has 0 saturated carbocycles. The van der Waals surface area contributed by atoms with Gasteiger partial charge in [0.15, 0.2) is 0 Å². The van der Waals surface area contributed by atoms with Gasteiger partial charge < -0.3 is 14.8 Å². The van der Waals surface area contributed by atoms with Crippen LogP contribution in [-0.4, -0.2) is 31.5 Å². The number of carbonyl (C=O) groups excluding carboxylic acids is 1. The van der Waals surface area contributed by atoms with Crippen LogP contribution in [0.15, 0.2) is 24.8 Å². The van der Waals surface area contributed by atoms with Crippen LogP contribution in [0.2, 0.25) is 0 Å². The molecule has 4 heteroatoms. The van der Waals surface area contributed by atoms with Gasteiger partial charge in [0.2, 0.25) is 0 Å². The van der Waals surface area contributed by atoms with Crippen LogP contribution in [0.25, 0.3) is 0 Å². The van der Waals surface area contributed by atoms with Gasteiger partial charge in [-0.2, -0.15) is 0 Å². The molecule has 0 aliphatic carbocycles. The fourth-order valence-corrected chi connectivity index (χ4v) is 1.13. The molecule has 0 bridgehead atoms. The van der Waals surface area contributed by atoms with Crippen LogP contribution in [-0.2, 0) is 9.47 Å². The summed E-state index contributed by atoms with van der Waals surface area (Å²) in [5.74, 6) is 5.79. The topological polar surface area (TPSA) is 47.6 Å². The maximum Gasteiger partial charge on any atom is 0.407 e. The van der Waals surface area contributed by atoms with Gasteiger partial charge in [-0.15, -0.1) is 0 Å². The van der Waals surface area contributed by atoms with E-state index in [0.29, 0.717) is 31.8 Å². The number of amides is 1. The number of ether oxygens (including phenoxy) is 2. The lowest BCUT2D eigenvalue weighted by atomic mass is 10.2. The van der Waals surface area contributed by atoms with Gasteiger partial charge >= 0.3 is 6.09 Å². The zero-order chi connectivity index (χ0) is 15.4. The lowest BCUT2D eigenvalue weighted by Crippen LogP contribution is -2.33. The third-order valence-corrected chi connectivity index (χ3v) is 2.00. The van der Waals surface area contributed by atoms with E-state index in [1.165, 1.54) is 0 Å². The Morgan fingerprint density at radius 2 is 2.05 bits per heavy atom. The van der Waals surface area contributed by atoms with Crippen LogP contribution >= 0.6 is 0 Å². The Bertz CT molecular complexity index is 383. The van der Waals surface area contributed by atoms with Crippen molar-refractivity contribution in [2.45, 2.75) is 39.2 Å². The summed E-state index contributed by atoms with van der Waals surface area (Å²) in [4.78, 5) is 11.3. The first kappa shape index (κ1) is 18.3. The van der Waals surface area contributed by atoms with Crippen molar-refractivity contribution in [3.8, 4) is 11.8 Å². The van der Waals surface area contributed by atoms with E-state index >= 15 is 0 Å². The van der Waals surface area contributed by atoms with E-state index in [0.717, 1.165) is 6.42 Å². The Morgan fingerprint density at radius 3 is 2.65 bits per heavy atom. The van der Waals surface area contributed by atoms with Crippen LogP contribution in [0, 0.1) is 11.8 Å². The van der Waals surface area contributed by atoms with Crippen LogP contribution in [0.3, 0.4) is 0 Å². The predicted molar refractivity (Wildman–Crippen MR) is 81.4 cm³/mol. The maximum absolute atomic E-state index is 11.3. The fraction of sp³-hybridized carbons (Fsp3) is 0.562. The molecule has 0 aromatic rings. The normalized spacial score (nSPS) is 10.2. The first-order valence-corrected chi connectivity index (χ1v) is 6.70. The van der Waals surface area contributed by atoms with Crippen molar-refractivity contribution in [2.24, 2.45) is 0 Å². The van der Waals surface area contributed by atoms with Crippen LogP contribution in [0.5, 0.6) is 0 Å². The Morgan fingerprint density at radius 1 is 1.35 bits per heavy atom. The van der Waals surface area contributed by atoms with Crippen molar-refractivity contribution in [3.05, 3.63) is 24.8 Å². The molecule has 20 heavy (non-hydrogen) atoms. The molecule has 0 radical (unpaired) electrons. The van der Waals surface area contributed by atoms with E-state index in [-0.39, 0.29) is 0 Å². The van der Waals surface area contributed by atoms with E-state index < -0.39 is 11.7 Å². The summed E-state index contributed by atoms with van der Waals surface area (Å²) in [5, 5.41) is 2.67. The molecule has 1 amide bonds. The van der Waals surface area contributed by atoms with Crippen molar-refractivity contribution in [1.29, 1.82) is 0 Å². The summed E-state index contributed by atoms with van der Waals surface area (Å²) < 4.78 is 10.5.